The molecule has 6 heteroatoms. The first-order valence-electron chi connectivity index (χ1n) is 6.99. The van der Waals surface area contributed by atoms with E-state index < -0.39 is 5.97 Å². The van der Waals surface area contributed by atoms with Crippen molar-refractivity contribution in [3.63, 3.8) is 0 Å². The molecule has 1 aromatic heterocycles. The molecule has 1 aromatic rings. The molecular weight excluding hydrogens is 258 g/mol. The van der Waals surface area contributed by atoms with Crippen LogP contribution in [-0.2, 0) is 16.1 Å². The molecule has 1 N–H and O–H groups in total. The summed E-state index contributed by atoms with van der Waals surface area (Å²) in [5, 5.41) is 13.1. The first-order valence-corrected chi connectivity index (χ1v) is 6.99. The number of carbonyl (C=O) groups excluding carboxylic acids is 1. The predicted molar refractivity (Wildman–Crippen MR) is 73.3 cm³/mol. The van der Waals surface area contributed by atoms with Gasteiger partial charge < -0.3 is 10.0 Å². The van der Waals surface area contributed by atoms with E-state index in [1.165, 1.54) is 0 Å². The van der Waals surface area contributed by atoms with Crippen molar-refractivity contribution in [3.8, 4) is 0 Å². The van der Waals surface area contributed by atoms with Crippen molar-refractivity contribution in [3.05, 3.63) is 17.5 Å². The summed E-state index contributed by atoms with van der Waals surface area (Å²) in [5.41, 5.74) is 1.98. The highest BCUT2D eigenvalue weighted by atomic mass is 16.4. The van der Waals surface area contributed by atoms with Crippen molar-refractivity contribution in [2.75, 3.05) is 6.54 Å². The van der Waals surface area contributed by atoms with Gasteiger partial charge in [-0.15, -0.1) is 0 Å². The molecule has 0 aliphatic heterocycles. The van der Waals surface area contributed by atoms with E-state index in [-0.39, 0.29) is 18.4 Å². The standard InChI is InChI=1S/C14H21N3O3/c1-10-9-11(2)17(15-10)8-5-13(18)16(12-3-4-12)7-6-14(19)20/h9,12H,3-8H2,1-2H3,(H,19,20). The Hall–Kier alpha value is -1.85. The summed E-state index contributed by atoms with van der Waals surface area (Å²) in [6, 6.07) is 2.23. The number of aryl methyl sites for hydroxylation is 3. The van der Waals surface area contributed by atoms with Gasteiger partial charge in [0.2, 0.25) is 5.91 Å². The van der Waals surface area contributed by atoms with Gasteiger partial charge in [0.15, 0.2) is 0 Å². The third-order valence-corrected chi connectivity index (χ3v) is 3.52. The number of nitrogens with zero attached hydrogens (tertiary/aromatic N) is 3. The molecule has 20 heavy (non-hydrogen) atoms. The van der Waals surface area contributed by atoms with E-state index in [9.17, 15) is 9.59 Å². The summed E-state index contributed by atoms with van der Waals surface area (Å²) in [4.78, 5) is 24.6. The first kappa shape index (κ1) is 14.6. The number of carboxylic acids is 1. The third-order valence-electron chi connectivity index (χ3n) is 3.52. The molecule has 0 atom stereocenters. The highest BCUT2D eigenvalue weighted by Crippen LogP contribution is 2.27. The lowest BCUT2D eigenvalue weighted by Crippen LogP contribution is -2.35. The van der Waals surface area contributed by atoms with Crippen molar-refractivity contribution < 1.29 is 14.7 Å². The van der Waals surface area contributed by atoms with Crippen LogP contribution < -0.4 is 0 Å². The number of amides is 1. The van der Waals surface area contributed by atoms with Crippen molar-refractivity contribution in [1.29, 1.82) is 0 Å². The fraction of sp³-hybridized carbons (Fsp3) is 0.643. The number of aromatic nitrogens is 2. The van der Waals surface area contributed by atoms with Gasteiger partial charge in [-0.05, 0) is 32.8 Å². The summed E-state index contributed by atoms with van der Waals surface area (Å²) < 4.78 is 1.83. The Morgan fingerprint density at radius 2 is 2.10 bits per heavy atom. The maximum absolute atomic E-state index is 12.2. The van der Waals surface area contributed by atoms with E-state index in [2.05, 4.69) is 5.10 Å². The minimum absolute atomic E-state index is 0.0160. The second kappa shape index (κ2) is 6.07. The summed E-state index contributed by atoms with van der Waals surface area (Å²) in [7, 11) is 0. The molecule has 0 bridgehead atoms. The lowest BCUT2D eigenvalue weighted by atomic mass is 10.3. The highest BCUT2D eigenvalue weighted by molar-refractivity contribution is 5.77. The van der Waals surface area contributed by atoms with E-state index in [0.29, 0.717) is 19.5 Å². The van der Waals surface area contributed by atoms with Crippen molar-refractivity contribution >= 4 is 11.9 Å². The maximum atomic E-state index is 12.2. The Morgan fingerprint density at radius 3 is 2.60 bits per heavy atom. The quantitative estimate of drug-likeness (QED) is 0.817. The first-order chi connectivity index (χ1) is 9.47. The maximum Gasteiger partial charge on any atom is 0.305 e. The third kappa shape index (κ3) is 3.82. The molecule has 1 amide bonds. The molecule has 110 valence electrons. The number of aliphatic carboxylic acids is 1. The fourth-order valence-electron chi connectivity index (χ4n) is 2.36. The van der Waals surface area contributed by atoms with Crippen molar-refractivity contribution in [1.82, 2.24) is 14.7 Å². The molecule has 1 aliphatic carbocycles. The van der Waals surface area contributed by atoms with Gasteiger partial charge >= 0.3 is 5.97 Å². The molecule has 1 aliphatic rings. The molecule has 0 spiro atoms. The van der Waals surface area contributed by atoms with Crippen molar-refractivity contribution in [2.45, 2.75) is 52.1 Å². The van der Waals surface area contributed by atoms with Crippen LogP contribution in [0.2, 0.25) is 0 Å². The van der Waals surface area contributed by atoms with Crippen LogP contribution in [0.3, 0.4) is 0 Å². The van der Waals surface area contributed by atoms with Crippen molar-refractivity contribution in [2.24, 2.45) is 0 Å². The Balaban J connectivity index is 1.88. The number of rotatable bonds is 7. The van der Waals surface area contributed by atoms with Gasteiger partial charge in [-0.3, -0.25) is 14.3 Å². The topological polar surface area (TPSA) is 75.4 Å². The van der Waals surface area contributed by atoms with E-state index in [1.807, 2.05) is 24.6 Å². The SMILES string of the molecule is Cc1cc(C)n(CCC(=O)N(CCC(=O)O)C2CC2)n1. The van der Waals surface area contributed by atoms with Crippen LogP contribution in [0, 0.1) is 13.8 Å². The molecule has 1 saturated carbocycles. The number of hydrogen-bond acceptors (Lipinski definition) is 3. The molecule has 1 fully saturated rings. The zero-order chi connectivity index (χ0) is 14.7. The smallest absolute Gasteiger partial charge is 0.305 e. The largest absolute Gasteiger partial charge is 0.481 e. The summed E-state index contributed by atoms with van der Waals surface area (Å²) >= 11 is 0. The summed E-state index contributed by atoms with van der Waals surface area (Å²) in [6.45, 7) is 4.76. The zero-order valence-electron chi connectivity index (χ0n) is 12.0. The van der Waals surface area contributed by atoms with Gasteiger partial charge in [-0.1, -0.05) is 0 Å². The average molecular weight is 279 g/mol. The second-order valence-electron chi connectivity index (χ2n) is 5.36. The Bertz CT molecular complexity index is 506. The lowest BCUT2D eigenvalue weighted by Gasteiger charge is -2.21. The lowest BCUT2D eigenvalue weighted by molar-refractivity contribution is -0.138. The van der Waals surface area contributed by atoms with Crippen LogP contribution in [-0.4, -0.2) is 44.3 Å². The molecule has 0 unspecified atom stereocenters. The molecule has 0 saturated heterocycles. The van der Waals surface area contributed by atoms with Gasteiger partial charge in [0.05, 0.1) is 12.1 Å². The second-order valence-corrected chi connectivity index (χ2v) is 5.36. The molecule has 0 aromatic carbocycles. The predicted octanol–water partition coefficient (Wildman–Crippen LogP) is 1.36. The van der Waals surface area contributed by atoms with Gasteiger partial charge in [-0.25, -0.2) is 0 Å². The molecule has 0 radical (unpaired) electrons. The molecule has 2 rings (SSSR count). The van der Waals surface area contributed by atoms with E-state index in [4.69, 9.17) is 5.11 Å². The molecular formula is C14H21N3O3. The Labute approximate surface area is 118 Å². The fourth-order valence-corrected chi connectivity index (χ4v) is 2.36. The van der Waals surface area contributed by atoms with Gasteiger partial charge in [-0.2, -0.15) is 5.10 Å². The van der Waals surface area contributed by atoms with E-state index in [0.717, 1.165) is 24.2 Å². The summed E-state index contributed by atoms with van der Waals surface area (Å²) in [6.07, 6.45) is 2.37. The van der Waals surface area contributed by atoms with Gasteiger partial charge in [0, 0.05) is 31.2 Å². The van der Waals surface area contributed by atoms with Crippen LogP contribution in [0.5, 0.6) is 0 Å². The minimum Gasteiger partial charge on any atom is -0.481 e. The van der Waals surface area contributed by atoms with Crippen LogP contribution in [0.4, 0.5) is 0 Å². The number of carboxylic acid groups (broad SMARTS) is 1. The monoisotopic (exact) mass is 279 g/mol. The van der Waals surface area contributed by atoms with Gasteiger partial charge in [0.25, 0.3) is 0 Å². The highest BCUT2D eigenvalue weighted by Gasteiger charge is 2.32. The van der Waals surface area contributed by atoms with E-state index in [1.54, 1.807) is 4.90 Å². The van der Waals surface area contributed by atoms with Crippen LogP contribution in [0.1, 0.15) is 37.1 Å². The summed E-state index contributed by atoms with van der Waals surface area (Å²) in [5.74, 6) is -0.830. The van der Waals surface area contributed by atoms with E-state index >= 15 is 0 Å². The normalized spacial score (nSPS) is 14.3. The molecule has 1 heterocycles. The zero-order valence-corrected chi connectivity index (χ0v) is 12.0. The van der Waals surface area contributed by atoms with Crippen LogP contribution >= 0.6 is 0 Å². The van der Waals surface area contributed by atoms with Crippen LogP contribution in [0.25, 0.3) is 0 Å². The molecule has 6 nitrogen and oxygen atoms in total. The average Bonchev–Trinajstić information content (AvgIpc) is 3.13. The number of hydrogen-bond donors (Lipinski definition) is 1. The van der Waals surface area contributed by atoms with Gasteiger partial charge in [0.1, 0.15) is 0 Å². The Kier molecular flexibility index (Phi) is 4.42. The van der Waals surface area contributed by atoms with Crippen LogP contribution in [0.15, 0.2) is 6.07 Å². The Morgan fingerprint density at radius 1 is 1.40 bits per heavy atom. The number of carbonyl (C=O) groups is 2. The minimum atomic E-state index is -0.859.